The highest BCUT2D eigenvalue weighted by Gasteiger charge is 2.65. The fraction of sp³-hybridized carbons (Fsp3) is 0.879. The summed E-state index contributed by atoms with van der Waals surface area (Å²) < 4.78 is 0. The third kappa shape index (κ3) is 4.62. The quantitative estimate of drug-likeness (QED) is 0.392. The van der Waals surface area contributed by atoms with Gasteiger partial charge in [0.15, 0.2) is 0 Å². The molecule has 0 heterocycles. The van der Waals surface area contributed by atoms with E-state index >= 15 is 0 Å². The smallest absolute Gasteiger partial charge is 0.0319 e. The number of aliphatic hydroxyl groups is 1. The number of hydrogen-bond acceptors (Lipinski definition) is 1. The molecule has 0 aliphatic heterocycles. The molecule has 4 rings (SSSR count). The van der Waals surface area contributed by atoms with Crippen LogP contribution in [0.2, 0.25) is 0 Å². The van der Waals surface area contributed by atoms with Crippen LogP contribution >= 0.6 is 0 Å². The molecule has 0 aromatic rings. The molecular weight excluding hydrogens is 412 g/mol. The monoisotopic (exact) mass is 470 g/mol. The molecule has 4 aliphatic rings. The lowest BCUT2D eigenvalue weighted by molar-refractivity contribution is -0.134. The molecule has 1 N–H and O–H groups in total. The number of aliphatic hydroxyl groups excluding tert-OH is 1. The van der Waals surface area contributed by atoms with E-state index in [9.17, 15) is 0 Å². The maximum absolute atomic E-state index is 7.00. The van der Waals surface area contributed by atoms with E-state index < -0.39 is 0 Å². The minimum Gasteiger partial charge on any atom is -0.400 e. The maximum atomic E-state index is 7.00. The Balaban J connectivity index is 0.00000158. The van der Waals surface area contributed by atoms with E-state index in [2.05, 4.69) is 60.6 Å². The molecule has 0 saturated heterocycles. The highest BCUT2D eigenvalue weighted by atomic mass is 16.2. The summed E-state index contributed by atoms with van der Waals surface area (Å²) >= 11 is 0. The van der Waals surface area contributed by atoms with Crippen LogP contribution in [0, 0.1) is 45.8 Å². The van der Waals surface area contributed by atoms with Gasteiger partial charge in [-0.15, -0.1) is 0 Å². The van der Waals surface area contributed by atoms with Gasteiger partial charge in [-0.3, -0.25) is 0 Å². The van der Waals surface area contributed by atoms with E-state index in [-0.39, 0.29) is 0 Å². The van der Waals surface area contributed by atoms with Gasteiger partial charge in [-0.1, -0.05) is 91.0 Å². The van der Waals surface area contributed by atoms with E-state index in [0.29, 0.717) is 16.2 Å². The lowest BCUT2D eigenvalue weighted by Gasteiger charge is -2.66. The van der Waals surface area contributed by atoms with Crippen molar-refractivity contribution >= 4 is 0 Å². The zero-order chi connectivity index (χ0) is 25.1. The molecule has 0 aromatic carbocycles. The van der Waals surface area contributed by atoms with Gasteiger partial charge in [0.1, 0.15) is 0 Å². The van der Waals surface area contributed by atoms with Crippen LogP contribution in [-0.4, -0.2) is 12.2 Å². The molecule has 196 valence electrons. The second-order valence-corrected chi connectivity index (χ2v) is 13.4. The predicted octanol–water partition coefficient (Wildman–Crippen LogP) is 9.75. The number of hydrogen-bond donors (Lipinski definition) is 1. The average Bonchev–Trinajstić information content (AvgIpc) is 3.17. The summed E-state index contributed by atoms with van der Waals surface area (Å²) in [6.45, 7) is 17.7. The van der Waals surface area contributed by atoms with Gasteiger partial charge < -0.3 is 5.11 Å². The highest BCUT2D eigenvalue weighted by Crippen LogP contribution is 2.73. The number of fused-ring (bicyclic) bond motifs is 5. The van der Waals surface area contributed by atoms with Crippen LogP contribution in [0.4, 0.5) is 0 Å². The van der Waals surface area contributed by atoms with Crippen molar-refractivity contribution in [1.82, 2.24) is 0 Å². The minimum absolute atomic E-state index is 0.456. The van der Waals surface area contributed by atoms with Crippen molar-refractivity contribution in [3.8, 4) is 0 Å². The Hall–Kier alpha value is -0.560. The van der Waals surface area contributed by atoms with Gasteiger partial charge in [0.25, 0.3) is 0 Å². The van der Waals surface area contributed by atoms with E-state index in [1.807, 2.05) is 5.57 Å². The summed E-state index contributed by atoms with van der Waals surface area (Å²) in [5.41, 5.74) is 5.11. The summed E-state index contributed by atoms with van der Waals surface area (Å²) in [6.07, 6.45) is 23.7. The lowest BCUT2D eigenvalue weighted by atomic mass is 9.38. The van der Waals surface area contributed by atoms with Gasteiger partial charge in [0, 0.05) is 7.11 Å². The highest BCUT2D eigenvalue weighted by molar-refractivity contribution is 5.36. The molecule has 0 amide bonds. The Kier molecular flexibility index (Phi) is 9.25. The van der Waals surface area contributed by atoms with E-state index in [4.69, 9.17) is 5.11 Å². The summed E-state index contributed by atoms with van der Waals surface area (Å²) in [6, 6.07) is 0. The van der Waals surface area contributed by atoms with Crippen LogP contribution in [0.1, 0.15) is 132 Å². The largest absolute Gasteiger partial charge is 0.400 e. The molecule has 0 spiro atoms. The molecule has 34 heavy (non-hydrogen) atoms. The third-order valence-corrected chi connectivity index (χ3v) is 11.8. The second kappa shape index (κ2) is 11.2. The molecule has 3 unspecified atom stereocenters. The van der Waals surface area contributed by atoms with E-state index in [1.54, 1.807) is 5.57 Å². The van der Waals surface area contributed by atoms with Crippen molar-refractivity contribution in [2.45, 2.75) is 132 Å². The lowest BCUT2D eigenvalue weighted by Crippen LogP contribution is -2.58. The Morgan fingerprint density at radius 3 is 2.32 bits per heavy atom. The first-order chi connectivity index (χ1) is 16.2. The molecule has 3 saturated carbocycles. The molecule has 3 fully saturated rings. The van der Waals surface area contributed by atoms with Gasteiger partial charge in [-0.25, -0.2) is 0 Å². The van der Waals surface area contributed by atoms with Crippen LogP contribution in [0.15, 0.2) is 23.3 Å². The van der Waals surface area contributed by atoms with Crippen molar-refractivity contribution in [2.75, 3.05) is 7.11 Å². The maximum Gasteiger partial charge on any atom is 0.0319 e. The number of allylic oxidation sites excluding steroid dienone is 4. The molecule has 0 bridgehead atoms. The Bertz CT molecular complexity index is 731. The Morgan fingerprint density at radius 1 is 0.941 bits per heavy atom. The standard InChI is InChI=1S/C32H54.CH4O/c1-8-11-25-18-19-31(7)26(22-25)14-15-29-28-17-16-27(24(5)13-10-12-23(3)4)30(28,6)20-21-32(29,31)9-2;1-2/h11,22-24,27-29H,8-10,12-21H2,1-7H3;2H,1H3/b25-11+;/t24-,27-,28+,29?,30?,31?,32+;/m1./s1. The first kappa shape index (κ1) is 28.0. The molecular formula is C33H58O. The Morgan fingerprint density at radius 2 is 1.68 bits per heavy atom. The topological polar surface area (TPSA) is 20.2 Å². The first-order valence-electron chi connectivity index (χ1n) is 15.1. The van der Waals surface area contributed by atoms with Crippen molar-refractivity contribution in [3.05, 3.63) is 23.3 Å². The predicted molar refractivity (Wildman–Crippen MR) is 149 cm³/mol. The normalized spacial score (nSPS) is 41.2. The fourth-order valence-electron chi connectivity index (χ4n) is 10.0. The van der Waals surface area contributed by atoms with Gasteiger partial charge in [-0.2, -0.15) is 0 Å². The van der Waals surface area contributed by atoms with Crippen LogP contribution in [0.5, 0.6) is 0 Å². The summed E-state index contributed by atoms with van der Waals surface area (Å²) in [5.74, 6) is 4.72. The van der Waals surface area contributed by atoms with E-state index in [1.165, 1.54) is 83.5 Å². The van der Waals surface area contributed by atoms with Crippen molar-refractivity contribution in [3.63, 3.8) is 0 Å². The average molecular weight is 471 g/mol. The van der Waals surface area contributed by atoms with Gasteiger partial charge in [0.05, 0.1) is 0 Å². The third-order valence-electron chi connectivity index (χ3n) is 11.8. The second-order valence-electron chi connectivity index (χ2n) is 13.4. The zero-order valence-corrected chi connectivity index (χ0v) is 24.2. The minimum atomic E-state index is 0.456. The summed E-state index contributed by atoms with van der Waals surface area (Å²) in [5, 5.41) is 7.00. The van der Waals surface area contributed by atoms with E-state index in [0.717, 1.165) is 36.7 Å². The van der Waals surface area contributed by atoms with Gasteiger partial charge >= 0.3 is 0 Å². The molecule has 0 radical (unpaired) electrons. The van der Waals surface area contributed by atoms with Crippen molar-refractivity contribution in [2.24, 2.45) is 45.8 Å². The molecule has 1 nitrogen and oxygen atoms in total. The SMILES string of the molecule is CC/C=C1/C=C2CCC3[C@@H]4CC[C@H]([C@H](C)CCCC(C)C)C4(C)CC[C@]3(CC)C2(C)CC1.CO. The summed E-state index contributed by atoms with van der Waals surface area (Å²) in [4.78, 5) is 0. The molecule has 7 atom stereocenters. The first-order valence-corrected chi connectivity index (χ1v) is 15.1. The van der Waals surface area contributed by atoms with Gasteiger partial charge in [-0.05, 0) is 110 Å². The van der Waals surface area contributed by atoms with Crippen LogP contribution in [0.25, 0.3) is 0 Å². The Labute approximate surface area is 213 Å². The van der Waals surface area contributed by atoms with Crippen LogP contribution in [0.3, 0.4) is 0 Å². The van der Waals surface area contributed by atoms with Crippen molar-refractivity contribution < 1.29 is 5.11 Å². The fourth-order valence-corrected chi connectivity index (χ4v) is 10.0. The molecule has 1 heteroatoms. The summed E-state index contributed by atoms with van der Waals surface area (Å²) in [7, 11) is 1.00. The zero-order valence-electron chi connectivity index (χ0n) is 24.2. The van der Waals surface area contributed by atoms with Crippen LogP contribution in [-0.2, 0) is 0 Å². The van der Waals surface area contributed by atoms with Crippen LogP contribution < -0.4 is 0 Å². The number of rotatable bonds is 7. The van der Waals surface area contributed by atoms with Crippen molar-refractivity contribution in [1.29, 1.82) is 0 Å². The molecule has 0 aromatic heterocycles. The van der Waals surface area contributed by atoms with Gasteiger partial charge in [0.2, 0.25) is 0 Å². The molecule has 4 aliphatic carbocycles.